The molecule has 0 amide bonds. The summed E-state index contributed by atoms with van der Waals surface area (Å²) >= 11 is 1.60. The van der Waals surface area contributed by atoms with Crippen LogP contribution in [0, 0.1) is 0 Å². The lowest BCUT2D eigenvalue weighted by Gasteiger charge is -2.10. The van der Waals surface area contributed by atoms with Crippen LogP contribution in [0.3, 0.4) is 0 Å². The van der Waals surface area contributed by atoms with Crippen LogP contribution in [-0.2, 0) is 0 Å². The van der Waals surface area contributed by atoms with Gasteiger partial charge in [0.2, 0.25) is 0 Å². The van der Waals surface area contributed by atoms with E-state index in [9.17, 15) is 0 Å². The molecule has 0 aliphatic heterocycles. The lowest BCUT2D eigenvalue weighted by atomic mass is 10.1. The summed E-state index contributed by atoms with van der Waals surface area (Å²) < 4.78 is 4.48. The zero-order valence-electron chi connectivity index (χ0n) is 29.2. The van der Waals surface area contributed by atoms with Gasteiger partial charge in [0.25, 0.3) is 0 Å². The van der Waals surface area contributed by atoms with Gasteiger partial charge in [0.05, 0.1) is 39.1 Å². The van der Waals surface area contributed by atoms with Gasteiger partial charge in [-0.25, -0.2) is 9.97 Å². The van der Waals surface area contributed by atoms with Gasteiger partial charge in [-0.1, -0.05) is 90.2 Å². The molecule has 0 N–H and O–H groups in total. The van der Waals surface area contributed by atoms with Crippen molar-refractivity contribution in [2.45, 2.75) is 0 Å². The largest absolute Gasteiger partial charge is 0.294 e. The predicted octanol–water partition coefficient (Wildman–Crippen LogP) is 11.0. The first kappa shape index (κ1) is 31.2. The minimum Gasteiger partial charge on any atom is -0.294 e. The molecule has 7 aromatic heterocycles. The number of hydrogen-bond acceptors (Lipinski definition) is 7. The van der Waals surface area contributed by atoms with Gasteiger partial charge in [-0.3, -0.25) is 19.1 Å². The first-order valence-electron chi connectivity index (χ1n) is 18.0. The lowest BCUT2D eigenvalue weighted by Crippen LogP contribution is -2.00. The van der Waals surface area contributed by atoms with Gasteiger partial charge in [0.1, 0.15) is 21.7 Å². The number of hydrogen-bond donors (Lipinski definition) is 0. The molecule has 0 saturated carbocycles. The van der Waals surface area contributed by atoms with Crippen molar-refractivity contribution >= 4 is 54.9 Å². The Labute approximate surface area is 318 Å². The number of pyridine rings is 4. The second-order valence-electron chi connectivity index (χ2n) is 13.2. The molecular weight excluding hydrogens is 697 g/mol. The van der Waals surface area contributed by atoms with E-state index in [0.717, 1.165) is 99.0 Å². The third-order valence-electron chi connectivity index (χ3n) is 10.1. The molecule has 11 aromatic rings. The van der Waals surface area contributed by atoms with Crippen molar-refractivity contribution in [3.05, 3.63) is 170 Å². The zero-order chi connectivity index (χ0) is 36.3. The van der Waals surface area contributed by atoms with Crippen molar-refractivity contribution in [1.82, 2.24) is 39.3 Å². The van der Waals surface area contributed by atoms with E-state index in [1.54, 1.807) is 23.7 Å². The van der Waals surface area contributed by atoms with E-state index in [-0.39, 0.29) is 0 Å². The molecule has 0 radical (unpaired) electrons. The van der Waals surface area contributed by atoms with Crippen molar-refractivity contribution in [3.63, 3.8) is 0 Å². The number of para-hydroxylation sites is 3. The predicted molar refractivity (Wildman–Crippen MR) is 222 cm³/mol. The molecular formula is C46H28N8S. The van der Waals surface area contributed by atoms with Crippen LogP contribution in [0.2, 0.25) is 0 Å². The maximum Gasteiger partial charge on any atom is 0.150 e. The summed E-state index contributed by atoms with van der Waals surface area (Å²) in [6.45, 7) is 0. The van der Waals surface area contributed by atoms with E-state index < -0.39 is 0 Å². The zero-order valence-corrected chi connectivity index (χ0v) is 30.0. The molecule has 7 heterocycles. The highest BCUT2D eigenvalue weighted by atomic mass is 32.1. The van der Waals surface area contributed by atoms with E-state index in [4.69, 9.17) is 20.2 Å². The minimum absolute atomic E-state index is 0.810. The Morgan fingerprint density at radius 1 is 0.436 bits per heavy atom. The molecule has 8 nitrogen and oxygen atoms in total. The molecule has 9 heteroatoms. The Kier molecular flexibility index (Phi) is 7.17. The quantitative estimate of drug-likeness (QED) is 0.170. The summed E-state index contributed by atoms with van der Waals surface area (Å²) in [6, 6.07) is 51.9. The van der Waals surface area contributed by atoms with E-state index in [1.807, 2.05) is 54.7 Å². The Hall–Kier alpha value is -7.36. The Morgan fingerprint density at radius 3 is 1.89 bits per heavy atom. The minimum atomic E-state index is 0.810. The third kappa shape index (κ3) is 5.05. The van der Waals surface area contributed by atoms with E-state index >= 15 is 0 Å². The SMILES string of the molecule is c1ccc(-c2cccc(-n3c4ccccc4c4cccc(-c5nnc(-c6cccc7c6c6ccccc6n7-c6cccc(-c7cccnc7)n6)s5)c43)n2)nc1. The molecule has 0 atom stereocenters. The van der Waals surface area contributed by atoms with Crippen LogP contribution in [0.1, 0.15) is 0 Å². The molecule has 258 valence electrons. The topological polar surface area (TPSA) is 87.2 Å². The van der Waals surface area contributed by atoms with E-state index in [1.165, 1.54) is 0 Å². The lowest BCUT2D eigenvalue weighted by molar-refractivity contribution is 1.07. The molecule has 55 heavy (non-hydrogen) atoms. The smallest absolute Gasteiger partial charge is 0.150 e. The van der Waals surface area contributed by atoms with Crippen molar-refractivity contribution in [1.29, 1.82) is 0 Å². The fourth-order valence-electron chi connectivity index (χ4n) is 7.74. The van der Waals surface area contributed by atoms with Crippen molar-refractivity contribution < 1.29 is 0 Å². The molecule has 0 aliphatic rings. The highest BCUT2D eigenvalue weighted by molar-refractivity contribution is 7.18. The molecule has 11 rings (SSSR count). The first-order valence-corrected chi connectivity index (χ1v) is 18.8. The standard InChI is InChI=1S/C46H28N8S/c1-3-21-38-30(13-1)31-15-7-17-34(44(31)54(38)42-25-10-20-37(50-42)36-18-5-6-27-48-36)46-52-51-45(55-46)33-16-8-23-40-43(33)32-14-2-4-22-39(32)53(40)41-24-9-19-35(49-41)29-12-11-26-47-28-29/h1-28H. The highest BCUT2D eigenvalue weighted by Gasteiger charge is 2.22. The van der Waals surface area contributed by atoms with Gasteiger partial charge in [0.15, 0.2) is 0 Å². The van der Waals surface area contributed by atoms with Crippen LogP contribution in [-0.4, -0.2) is 39.3 Å². The summed E-state index contributed by atoms with van der Waals surface area (Å²) in [5, 5.41) is 15.9. The second kappa shape index (κ2) is 12.6. The summed E-state index contributed by atoms with van der Waals surface area (Å²) in [6.07, 6.45) is 5.42. The van der Waals surface area contributed by atoms with Crippen molar-refractivity contribution in [2.24, 2.45) is 0 Å². The number of benzene rings is 4. The van der Waals surface area contributed by atoms with Crippen molar-refractivity contribution in [3.8, 4) is 55.4 Å². The molecule has 0 bridgehead atoms. The number of nitrogens with zero attached hydrogens (tertiary/aromatic N) is 8. The fourth-order valence-corrected chi connectivity index (χ4v) is 8.64. The van der Waals surface area contributed by atoms with Gasteiger partial charge in [0, 0.05) is 56.8 Å². The summed E-state index contributed by atoms with van der Waals surface area (Å²) in [7, 11) is 0. The normalized spacial score (nSPS) is 11.6. The second-order valence-corrected chi connectivity index (χ2v) is 14.2. The molecule has 0 unspecified atom stereocenters. The number of aromatic nitrogens is 8. The van der Waals surface area contributed by atoms with E-state index in [2.05, 4.69) is 122 Å². The monoisotopic (exact) mass is 724 g/mol. The summed E-state index contributed by atoms with van der Waals surface area (Å²) in [5.41, 5.74) is 9.71. The molecule has 4 aromatic carbocycles. The molecule has 0 aliphatic carbocycles. The number of fused-ring (bicyclic) bond motifs is 6. The van der Waals surface area contributed by atoms with E-state index in [0.29, 0.717) is 0 Å². The van der Waals surface area contributed by atoms with Gasteiger partial charge in [-0.05, 0) is 72.8 Å². The Morgan fingerprint density at radius 2 is 1.07 bits per heavy atom. The molecule has 0 fully saturated rings. The first-order chi connectivity index (χ1) is 27.3. The van der Waals surface area contributed by atoms with Gasteiger partial charge in [-0.15, -0.1) is 10.2 Å². The highest BCUT2D eigenvalue weighted by Crippen LogP contribution is 2.43. The number of rotatable bonds is 6. The average Bonchev–Trinajstić information content (AvgIpc) is 3.98. The van der Waals surface area contributed by atoms with Crippen LogP contribution >= 0.6 is 11.3 Å². The van der Waals surface area contributed by atoms with Gasteiger partial charge >= 0.3 is 0 Å². The van der Waals surface area contributed by atoms with Crippen LogP contribution in [0.25, 0.3) is 99.0 Å². The van der Waals surface area contributed by atoms with Gasteiger partial charge in [-0.2, -0.15) is 0 Å². The maximum atomic E-state index is 5.14. The van der Waals surface area contributed by atoms with Crippen LogP contribution in [0.15, 0.2) is 170 Å². The van der Waals surface area contributed by atoms with Crippen LogP contribution in [0.5, 0.6) is 0 Å². The molecule has 0 saturated heterocycles. The van der Waals surface area contributed by atoms with Gasteiger partial charge < -0.3 is 0 Å². The fraction of sp³-hybridized carbons (Fsp3) is 0. The Balaban J connectivity index is 1.09. The summed E-state index contributed by atoms with van der Waals surface area (Å²) in [5.74, 6) is 1.65. The maximum absolute atomic E-state index is 5.14. The summed E-state index contributed by atoms with van der Waals surface area (Å²) in [4.78, 5) is 19.2. The van der Waals surface area contributed by atoms with Crippen molar-refractivity contribution in [2.75, 3.05) is 0 Å². The van der Waals surface area contributed by atoms with Crippen LogP contribution < -0.4 is 0 Å². The molecule has 0 spiro atoms. The van der Waals surface area contributed by atoms with Crippen LogP contribution in [0.4, 0.5) is 0 Å². The Bertz CT molecular complexity index is 3220. The third-order valence-corrected chi connectivity index (χ3v) is 11.1. The average molecular weight is 725 g/mol.